The molecular weight excluding hydrogens is 248 g/mol. The van der Waals surface area contributed by atoms with Gasteiger partial charge in [-0.05, 0) is 30.2 Å². The molecular formula is C17H22N2O. The standard InChI is InChI=1S/C17H22N2O/c1-14(2)17(13-20-16-9-4-3-5-10-16)19-12-15-8-6-7-11-18-15/h3-11,14,17,19H,12-13H2,1-2H3. The fraction of sp³-hybridized carbons (Fsp3) is 0.353. The third kappa shape index (κ3) is 4.67. The van der Waals surface area contributed by atoms with E-state index in [1.54, 1.807) is 0 Å². The molecule has 3 heteroatoms. The first kappa shape index (κ1) is 14.5. The Morgan fingerprint density at radius 1 is 1.05 bits per heavy atom. The van der Waals surface area contributed by atoms with Gasteiger partial charge in [-0.25, -0.2) is 0 Å². The molecule has 0 spiro atoms. The third-order valence-electron chi connectivity index (χ3n) is 3.25. The van der Waals surface area contributed by atoms with Gasteiger partial charge < -0.3 is 10.1 Å². The molecule has 0 aliphatic heterocycles. The van der Waals surface area contributed by atoms with Crippen LogP contribution in [-0.4, -0.2) is 17.6 Å². The van der Waals surface area contributed by atoms with Crippen molar-refractivity contribution >= 4 is 0 Å². The topological polar surface area (TPSA) is 34.1 Å². The van der Waals surface area contributed by atoms with Crippen molar-refractivity contribution in [2.75, 3.05) is 6.61 Å². The molecule has 1 N–H and O–H groups in total. The molecule has 1 unspecified atom stereocenters. The predicted molar refractivity (Wildman–Crippen MR) is 81.6 cm³/mol. The summed E-state index contributed by atoms with van der Waals surface area (Å²) in [5.74, 6) is 1.42. The van der Waals surface area contributed by atoms with Crippen molar-refractivity contribution in [2.24, 2.45) is 5.92 Å². The number of benzene rings is 1. The van der Waals surface area contributed by atoms with Gasteiger partial charge in [-0.3, -0.25) is 4.98 Å². The van der Waals surface area contributed by atoms with E-state index in [1.165, 1.54) is 0 Å². The normalized spacial score (nSPS) is 12.3. The number of para-hydroxylation sites is 1. The smallest absolute Gasteiger partial charge is 0.119 e. The fourth-order valence-corrected chi connectivity index (χ4v) is 1.93. The maximum Gasteiger partial charge on any atom is 0.119 e. The largest absolute Gasteiger partial charge is 0.492 e. The number of hydrogen-bond acceptors (Lipinski definition) is 3. The Bertz CT molecular complexity index is 441. The summed E-state index contributed by atoms with van der Waals surface area (Å²) >= 11 is 0. The van der Waals surface area contributed by atoms with E-state index in [9.17, 15) is 0 Å². The van der Waals surface area contributed by atoms with Crippen molar-refractivity contribution in [1.29, 1.82) is 0 Å². The van der Waals surface area contributed by atoms with Gasteiger partial charge in [-0.15, -0.1) is 0 Å². The van der Waals surface area contributed by atoms with Gasteiger partial charge in [0.2, 0.25) is 0 Å². The van der Waals surface area contributed by atoms with Crippen molar-refractivity contribution < 1.29 is 4.74 Å². The highest BCUT2D eigenvalue weighted by atomic mass is 16.5. The molecule has 0 aliphatic rings. The average Bonchev–Trinajstić information content (AvgIpc) is 2.49. The Morgan fingerprint density at radius 2 is 1.80 bits per heavy atom. The summed E-state index contributed by atoms with van der Waals surface area (Å²) in [5, 5.41) is 3.52. The number of rotatable bonds is 7. The number of nitrogens with one attached hydrogen (secondary N) is 1. The Kier molecular flexibility index (Phi) is 5.56. The molecule has 1 heterocycles. The maximum atomic E-state index is 5.83. The van der Waals surface area contributed by atoms with E-state index in [2.05, 4.69) is 24.1 Å². The van der Waals surface area contributed by atoms with Gasteiger partial charge >= 0.3 is 0 Å². The summed E-state index contributed by atoms with van der Waals surface area (Å²) in [4.78, 5) is 4.33. The molecule has 0 radical (unpaired) electrons. The molecule has 3 nitrogen and oxygen atoms in total. The molecule has 20 heavy (non-hydrogen) atoms. The Morgan fingerprint density at radius 3 is 2.45 bits per heavy atom. The highest BCUT2D eigenvalue weighted by molar-refractivity contribution is 5.21. The molecule has 0 bridgehead atoms. The van der Waals surface area contributed by atoms with E-state index in [-0.39, 0.29) is 0 Å². The van der Waals surface area contributed by atoms with Gasteiger partial charge in [0.1, 0.15) is 12.4 Å². The molecule has 0 fully saturated rings. The molecule has 1 atom stereocenters. The lowest BCUT2D eigenvalue weighted by Gasteiger charge is -2.22. The van der Waals surface area contributed by atoms with E-state index in [0.29, 0.717) is 18.6 Å². The quantitative estimate of drug-likeness (QED) is 0.838. The van der Waals surface area contributed by atoms with Gasteiger partial charge in [0.15, 0.2) is 0 Å². The molecule has 0 aliphatic carbocycles. The number of ether oxygens (including phenoxy) is 1. The van der Waals surface area contributed by atoms with Crippen LogP contribution in [0.5, 0.6) is 5.75 Å². The minimum absolute atomic E-state index is 0.303. The second-order valence-corrected chi connectivity index (χ2v) is 5.18. The summed E-state index contributed by atoms with van der Waals surface area (Å²) in [5.41, 5.74) is 1.05. The maximum absolute atomic E-state index is 5.83. The molecule has 2 rings (SSSR count). The van der Waals surface area contributed by atoms with Gasteiger partial charge in [-0.1, -0.05) is 38.1 Å². The lowest BCUT2D eigenvalue weighted by Crippen LogP contribution is -2.38. The highest BCUT2D eigenvalue weighted by Gasteiger charge is 2.13. The van der Waals surface area contributed by atoms with E-state index < -0.39 is 0 Å². The second kappa shape index (κ2) is 7.65. The van der Waals surface area contributed by atoms with Crippen LogP contribution < -0.4 is 10.1 Å². The lowest BCUT2D eigenvalue weighted by molar-refractivity contribution is 0.228. The monoisotopic (exact) mass is 270 g/mol. The molecule has 1 aromatic heterocycles. The van der Waals surface area contributed by atoms with Crippen molar-refractivity contribution in [3.8, 4) is 5.75 Å². The van der Waals surface area contributed by atoms with Gasteiger partial charge in [0.05, 0.1) is 5.69 Å². The zero-order chi connectivity index (χ0) is 14.2. The van der Waals surface area contributed by atoms with Crippen LogP contribution in [0.25, 0.3) is 0 Å². The summed E-state index contributed by atoms with van der Waals surface area (Å²) in [6.45, 7) is 5.82. The van der Waals surface area contributed by atoms with Gasteiger partial charge in [0.25, 0.3) is 0 Å². The van der Waals surface area contributed by atoms with Crippen LogP contribution in [0.4, 0.5) is 0 Å². The predicted octanol–water partition coefficient (Wildman–Crippen LogP) is 3.27. The van der Waals surface area contributed by atoms with Crippen molar-refractivity contribution in [2.45, 2.75) is 26.4 Å². The minimum atomic E-state index is 0.303. The summed E-state index contributed by atoms with van der Waals surface area (Å²) in [6.07, 6.45) is 1.82. The zero-order valence-corrected chi connectivity index (χ0v) is 12.1. The Hall–Kier alpha value is -1.87. The van der Waals surface area contributed by atoms with Crippen LogP contribution in [0.2, 0.25) is 0 Å². The van der Waals surface area contributed by atoms with E-state index in [0.717, 1.165) is 18.0 Å². The average molecular weight is 270 g/mol. The molecule has 1 aromatic carbocycles. The fourth-order valence-electron chi connectivity index (χ4n) is 1.93. The number of nitrogens with zero attached hydrogens (tertiary/aromatic N) is 1. The number of hydrogen-bond donors (Lipinski definition) is 1. The summed E-state index contributed by atoms with van der Waals surface area (Å²) in [7, 11) is 0. The second-order valence-electron chi connectivity index (χ2n) is 5.18. The van der Waals surface area contributed by atoms with Crippen LogP contribution in [0.3, 0.4) is 0 Å². The van der Waals surface area contributed by atoms with Gasteiger partial charge in [0, 0.05) is 18.8 Å². The SMILES string of the molecule is CC(C)C(COc1ccccc1)NCc1ccccn1. The Labute approximate surface area is 121 Å². The van der Waals surface area contributed by atoms with Crippen molar-refractivity contribution in [3.63, 3.8) is 0 Å². The molecule has 106 valence electrons. The number of pyridine rings is 1. The lowest BCUT2D eigenvalue weighted by atomic mass is 10.1. The van der Waals surface area contributed by atoms with E-state index in [1.807, 2.05) is 54.7 Å². The molecule has 0 amide bonds. The van der Waals surface area contributed by atoms with E-state index in [4.69, 9.17) is 4.74 Å². The van der Waals surface area contributed by atoms with Crippen molar-refractivity contribution in [1.82, 2.24) is 10.3 Å². The summed E-state index contributed by atoms with van der Waals surface area (Å²) < 4.78 is 5.83. The van der Waals surface area contributed by atoms with Crippen LogP contribution in [0.1, 0.15) is 19.5 Å². The highest BCUT2D eigenvalue weighted by Crippen LogP contribution is 2.11. The van der Waals surface area contributed by atoms with Crippen LogP contribution >= 0.6 is 0 Å². The van der Waals surface area contributed by atoms with Crippen LogP contribution in [0, 0.1) is 5.92 Å². The number of aromatic nitrogens is 1. The zero-order valence-electron chi connectivity index (χ0n) is 12.1. The van der Waals surface area contributed by atoms with E-state index >= 15 is 0 Å². The van der Waals surface area contributed by atoms with Gasteiger partial charge in [-0.2, -0.15) is 0 Å². The third-order valence-corrected chi connectivity index (χ3v) is 3.25. The Balaban J connectivity index is 1.84. The molecule has 2 aromatic rings. The first-order valence-corrected chi connectivity index (χ1v) is 7.07. The summed E-state index contributed by atoms with van der Waals surface area (Å²) in [6, 6.07) is 16.2. The first-order valence-electron chi connectivity index (χ1n) is 7.07. The molecule has 0 saturated carbocycles. The first-order chi connectivity index (χ1) is 9.75. The molecule has 0 saturated heterocycles. The van der Waals surface area contributed by atoms with Crippen LogP contribution in [0.15, 0.2) is 54.7 Å². The van der Waals surface area contributed by atoms with Crippen molar-refractivity contribution in [3.05, 3.63) is 60.4 Å². The van der Waals surface area contributed by atoms with Crippen LogP contribution in [-0.2, 0) is 6.54 Å². The minimum Gasteiger partial charge on any atom is -0.492 e.